The number of hydrogen-bond acceptors (Lipinski definition) is 8. The standard InChI is InChI=1S/C37H41N7O5S/c1-24(45)44-15-13-37(14-16-44)21-26(34(47)43-37)20-29(33(46)32(22-38)50-17-7-8-18-50)41-35(48)30(19-25-9-3-2-4-10-25)42-36(49)31-23-39-27-11-5-6-12-28(27)40-31/h2-6,9-12,23,26,29-30H,7-8,13-21H2,1H3,(H,41,48)(H,42,49)(H,43,47)/t26?,29?,30-/m0/s1. The third-order valence-corrected chi connectivity index (χ3v) is 12.4. The first-order chi connectivity index (χ1) is 24.1. The number of para-hydroxylation sites is 2. The number of Topliss-reactive ketones (excluding diaryl/α,β-unsaturated/α-hetero) is 1. The van der Waals surface area contributed by atoms with E-state index >= 15 is 0 Å². The Morgan fingerprint density at radius 2 is 1.68 bits per heavy atom. The molecule has 3 aliphatic heterocycles. The minimum atomic E-state index is -1.15. The van der Waals surface area contributed by atoms with Gasteiger partial charge in [0.25, 0.3) is 5.91 Å². The van der Waals surface area contributed by atoms with Crippen LogP contribution in [-0.2, 0) is 25.6 Å². The number of benzene rings is 2. The van der Waals surface area contributed by atoms with Crippen molar-refractivity contribution >= 4 is 55.8 Å². The molecule has 12 nitrogen and oxygen atoms in total. The Hall–Kier alpha value is -4.96. The number of hydrogen-bond donors (Lipinski definition) is 3. The SMILES string of the molecule is CC(=O)N1CCC2(CC1)CC(CC(NC(=O)[C@H](Cc1ccccc1)NC(=O)c1cnc3ccccc3n1)C(=O)C(C#N)=S1CCCC1)C(=O)N2. The van der Waals surface area contributed by atoms with Gasteiger partial charge in [0.05, 0.1) is 23.3 Å². The molecule has 2 unspecified atom stereocenters. The van der Waals surface area contributed by atoms with Crippen LogP contribution >= 0.6 is 10.5 Å². The van der Waals surface area contributed by atoms with E-state index in [1.54, 1.807) is 23.1 Å². The van der Waals surface area contributed by atoms with Crippen molar-refractivity contribution in [3.05, 3.63) is 72.1 Å². The molecule has 2 aromatic carbocycles. The number of nitrogens with one attached hydrogen (secondary N) is 3. The fourth-order valence-corrected chi connectivity index (χ4v) is 9.45. The average Bonchev–Trinajstić information content (AvgIpc) is 3.76. The van der Waals surface area contributed by atoms with E-state index in [0.29, 0.717) is 43.4 Å². The molecule has 0 radical (unpaired) electrons. The maximum Gasteiger partial charge on any atom is 0.272 e. The summed E-state index contributed by atoms with van der Waals surface area (Å²) in [4.78, 5) is 77.9. The fourth-order valence-electron chi connectivity index (χ4n) is 7.17. The van der Waals surface area contributed by atoms with Crippen LogP contribution in [0.5, 0.6) is 0 Å². The van der Waals surface area contributed by atoms with Gasteiger partial charge in [-0.05, 0) is 67.7 Å². The normalized spacial score (nSPS) is 19.7. The summed E-state index contributed by atoms with van der Waals surface area (Å²) >= 11 is 0. The summed E-state index contributed by atoms with van der Waals surface area (Å²) < 4.78 is 0. The molecule has 3 fully saturated rings. The number of amides is 4. The molecule has 260 valence electrons. The zero-order valence-corrected chi connectivity index (χ0v) is 28.8. The van der Waals surface area contributed by atoms with Gasteiger partial charge in [0.15, 0.2) is 0 Å². The molecule has 6 rings (SSSR count). The Balaban J connectivity index is 1.26. The van der Waals surface area contributed by atoms with E-state index in [9.17, 15) is 29.2 Å². The molecule has 4 amide bonds. The number of nitrogens with zero attached hydrogens (tertiary/aromatic N) is 4. The number of carbonyl (C=O) groups is 5. The lowest BCUT2D eigenvalue weighted by atomic mass is 9.81. The number of carbonyl (C=O) groups excluding carboxylic acids is 5. The average molecular weight is 696 g/mol. The highest BCUT2D eigenvalue weighted by atomic mass is 32.2. The van der Waals surface area contributed by atoms with Crippen LogP contribution in [0.4, 0.5) is 0 Å². The molecular formula is C37H41N7O5S. The third kappa shape index (κ3) is 7.91. The van der Waals surface area contributed by atoms with E-state index in [1.165, 1.54) is 13.1 Å². The van der Waals surface area contributed by atoms with Crippen molar-refractivity contribution in [3.63, 3.8) is 0 Å². The van der Waals surface area contributed by atoms with E-state index in [2.05, 4.69) is 32.0 Å². The molecule has 0 saturated carbocycles. The summed E-state index contributed by atoms with van der Waals surface area (Å²) in [7, 11) is -0.518. The highest BCUT2D eigenvalue weighted by molar-refractivity contribution is 8.17. The van der Waals surface area contributed by atoms with Crippen molar-refractivity contribution in [1.29, 1.82) is 5.26 Å². The highest BCUT2D eigenvalue weighted by Crippen LogP contribution is 2.37. The summed E-state index contributed by atoms with van der Waals surface area (Å²) in [5.74, 6) is -1.00. The molecule has 1 spiro atoms. The van der Waals surface area contributed by atoms with Gasteiger partial charge in [-0.1, -0.05) is 42.5 Å². The molecule has 3 atom stereocenters. The van der Waals surface area contributed by atoms with Gasteiger partial charge in [-0.3, -0.25) is 29.0 Å². The predicted molar refractivity (Wildman–Crippen MR) is 190 cm³/mol. The van der Waals surface area contributed by atoms with Crippen LogP contribution in [0.15, 0.2) is 60.8 Å². The largest absolute Gasteiger partial charge is 0.350 e. The Kier molecular flexibility index (Phi) is 10.7. The van der Waals surface area contributed by atoms with Crippen LogP contribution in [-0.4, -0.2) is 91.4 Å². The van der Waals surface area contributed by atoms with Crippen LogP contribution in [0.25, 0.3) is 11.0 Å². The Morgan fingerprint density at radius 3 is 2.36 bits per heavy atom. The second kappa shape index (κ2) is 15.3. The van der Waals surface area contributed by atoms with Gasteiger partial charge in [0.2, 0.25) is 23.5 Å². The van der Waals surface area contributed by atoms with Gasteiger partial charge in [0.1, 0.15) is 22.7 Å². The first-order valence-electron chi connectivity index (χ1n) is 17.1. The Labute approximate surface area is 293 Å². The molecule has 4 heterocycles. The van der Waals surface area contributed by atoms with Crippen molar-refractivity contribution < 1.29 is 24.0 Å². The molecule has 50 heavy (non-hydrogen) atoms. The van der Waals surface area contributed by atoms with Gasteiger partial charge in [0, 0.05) is 37.9 Å². The first kappa shape index (κ1) is 34.9. The quantitative estimate of drug-likeness (QED) is 0.272. The summed E-state index contributed by atoms with van der Waals surface area (Å²) in [5.41, 5.74) is 1.48. The van der Waals surface area contributed by atoms with Gasteiger partial charge in [-0.15, -0.1) is 0 Å². The number of piperidine rings is 1. The topological polar surface area (TPSA) is 174 Å². The third-order valence-electron chi connectivity index (χ3n) is 9.95. The summed E-state index contributed by atoms with van der Waals surface area (Å²) in [6.45, 7) is 2.59. The summed E-state index contributed by atoms with van der Waals surface area (Å²) in [6.07, 6.45) is 4.99. The van der Waals surface area contributed by atoms with Crippen molar-refractivity contribution in [1.82, 2.24) is 30.8 Å². The van der Waals surface area contributed by atoms with Crippen molar-refractivity contribution in [2.24, 2.45) is 5.92 Å². The molecule has 3 saturated heterocycles. The number of nitriles is 1. The molecule has 13 heteroatoms. The maximum atomic E-state index is 14.2. The second-order valence-electron chi connectivity index (χ2n) is 13.3. The van der Waals surface area contributed by atoms with Crippen LogP contribution in [0.2, 0.25) is 0 Å². The molecule has 3 aliphatic rings. The lowest BCUT2D eigenvalue weighted by molar-refractivity contribution is -0.130. The molecule has 3 N–H and O–H groups in total. The highest BCUT2D eigenvalue weighted by Gasteiger charge is 2.47. The lowest BCUT2D eigenvalue weighted by Gasteiger charge is -2.39. The number of fused-ring (bicyclic) bond motifs is 1. The van der Waals surface area contributed by atoms with Crippen LogP contribution in [0, 0.1) is 17.2 Å². The predicted octanol–water partition coefficient (Wildman–Crippen LogP) is 2.69. The van der Waals surface area contributed by atoms with Crippen LogP contribution in [0.3, 0.4) is 0 Å². The minimum Gasteiger partial charge on any atom is -0.350 e. The van der Waals surface area contributed by atoms with Crippen molar-refractivity contribution in [2.75, 3.05) is 24.6 Å². The zero-order valence-electron chi connectivity index (χ0n) is 28.0. The first-order valence-corrected chi connectivity index (χ1v) is 18.6. The smallest absolute Gasteiger partial charge is 0.272 e. The van der Waals surface area contributed by atoms with Gasteiger partial charge < -0.3 is 20.9 Å². The number of ketones is 1. The second-order valence-corrected chi connectivity index (χ2v) is 15.6. The fraction of sp³-hybridized carbons (Fsp3) is 0.432. The maximum absolute atomic E-state index is 14.2. The monoisotopic (exact) mass is 695 g/mol. The molecule has 0 aliphatic carbocycles. The summed E-state index contributed by atoms with van der Waals surface area (Å²) in [6, 6.07) is 16.2. The number of likely N-dealkylation sites (tertiary alicyclic amines) is 1. The zero-order chi connectivity index (χ0) is 35.3. The Bertz CT molecular complexity index is 1880. The van der Waals surface area contributed by atoms with Crippen LogP contribution in [0.1, 0.15) is 61.5 Å². The van der Waals surface area contributed by atoms with Crippen molar-refractivity contribution in [2.45, 2.75) is 69.5 Å². The minimum absolute atomic E-state index is 0.00813. The van der Waals surface area contributed by atoms with Gasteiger partial charge in [-0.2, -0.15) is 15.7 Å². The van der Waals surface area contributed by atoms with E-state index in [1.807, 2.05) is 36.4 Å². The summed E-state index contributed by atoms with van der Waals surface area (Å²) in [5, 5.41) is 19.0. The molecule has 0 bridgehead atoms. The van der Waals surface area contributed by atoms with E-state index < -0.39 is 51.6 Å². The Morgan fingerprint density at radius 1 is 1.00 bits per heavy atom. The van der Waals surface area contributed by atoms with E-state index in [4.69, 9.17) is 0 Å². The van der Waals surface area contributed by atoms with E-state index in [0.717, 1.165) is 29.9 Å². The number of rotatable bonds is 10. The lowest BCUT2D eigenvalue weighted by Crippen LogP contribution is -2.54. The van der Waals surface area contributed by atoms with E-state index in [-0.39, 0.29) is 35.2 Å². The molecule has 3 aromatic rings. The van der Waals surface area contributed by atoms with Gasteiger partial charge >= 0.3 is 0 Å². The van der Waals surface area contributed by atoms with Gasteiger partial charge in [-0.25, -0.2) is 4.98 Å². The molecule has 1 aromatic heterocycles. The van der Waals surface area contributed by atoms with Crippen LogP contribution < -0.4 is 16.0 Å². The molecular weight excluding hydrogens is 655 g/mol. The van der Waals surface area contributed by atoms with Crippen molar-refractivity contribution in [3.8, 4) is 6.07 Å². The number of aromatic nitrogens is 2.